The number of aromatic hydroxyl groups is 1. The van der Waals surface area contributed by atoms with Crippen molar-refractivity contribution in [3.05, 3.63) is 59.2 Å². The lowest BCUT2D eigenvalue weighted by atomic mass is 10.0. The van der Waals surface area contributed by atoms with Crippen molar-refractivity contribution in [2.75, 3.05) is 5.73 Å². The maximum atomic E-state index is 12.1. The summed E-state index contributed by atoms with van der Waals surface area (Å²) < 4.78 is 0. The molecule has 0 aromatic heterocycles. The maximum Gasteiger partial charge on any atom is 0.167 e. The fourth-order valence-corrected chi connectivity index (χ4v) is 1.75. The Morgan fingerprint density at radius 1 is 1.17 bits per heavy atom. The normalized spacial score (nSPS) is 10.3. The molecule has 3 N–H and O–H groups in total. The van der Waals surface area contributed by atoms with E-state index in [0.29, 0.717) is 17.7 Å². The quantitative estimate of drug-likeness (QED) is 0.641. The smallest absolute Gasteiger partial charge is 0.167 e. The van der Waals surface area contributed by atoms with Gasteiger partial charge < -0.3 is 10.8 Å². The van der Waals surface area contributed by atoms with Crippen molar-refractivity contribution in [2.45, 2.75) is 13.3 Å². The largest absolute Gasteiger partial charge is 0.508 e. The maximum absolute atomic E-state index is 12.1. The van der Waals surface area contributed by atoms with E-state index in [-0.39, 0.29) is 11.5 Å². The summed E-state index contributed by atoms with van der Waals surface area (Å²) >= 11 is 0. The molecule has 0 radical (unpaired) electrons. The molecule has 0 aliphatic heterocycles. The van der Waals surface area contributed by atoms with Gasteiger partial charge >= 0.3 is 0 Å². The number of nitrogen functional groups attached to an aromatic ring is 1. The molecule has 0 aliphatic rings. The van der Waals surface area contributed by atoms with Gasteiger partial charge in [0.05, 0.1) is 0 Å². The van der Waals surface area contributed by atoms with Crippen molar-refractivity contribution >= 4 is 11.5 Å². The van der Waals surface area contributed by atoms with Gasteiger partial charge in [0, 0.05) is 17.7 Å². The highest BCUT2D eigenvalue weighted by Gasteiger charge is 2.08. The number of hydrogen-bond donors (Lipinski definition) is 2. The molecule has 2 aromatic carbocycles. The number of ketones is 1. The minimum absolute atomic E-state index is 0.0452. The molecule has 0 unspecified atom stereocenters. The Balaban J connectivity index is 2.16. The first-order chi connectivity index (χ1) is 8.56. The van der Waals surface area contributed by atoms with Crippen LogP contribution in [0.1, 0.15) is 21.5 Å². The van der Waals surface area contributed by atoms with Crippen LogP contribution in [0.25, 0.3) is 0 Å². The summed E-state index contributed by atoms with van der Waals surface area (Å²) in [5.74, 6) is 0.248. The van der Waals surface area contributed by atoms with Gasteiger partial charge in [-0.3, -0.25) is 4.79 Å². The Morgan fingerprint density at radius 2 is 1.83 bits per heavy atom. The average Bonchev–Trinajstić information content (AvgIpc) is 2.35. The van der Waals surface area contributed by atoms with Crippen LogP contribution in [0.3, 0.4) is 0 Å². The predicted molar refractivity (Wildman–Crippen MR) is 71.7 cm³/mol. The molecule has 0 fully saturated rings. The van der Waals surface area contributed by atoms with Crippen LogP contribution >= 0.6 is 0 Å². The van der Waals surface area contributed by atoms with Gasteiger partial charge in [-0.1, -0.05) is 12.1 Å². The van der Waals surface area contributed by atoms with E-state index < -0.39 is 0 Å². The zero-order chi connectivity index (χ0) is 13.1. The Bertz CT molecular complexity index is 574. The van der Waals surface area contributed by atoms with E-state index in [2.05, 4.69) is 0 Å². The summed E-state index contributed by atoms with van der Waals surface area (Å²) in [4.78, 5) is 12.1. The Kier molecular flexibility index (Phi) is 3.33. The lowest BCUT2D eigenvalue weighted by Crippen LogP contribution is -2.04. The summed E-state index contributed by atoms with van der Waals surface area (Å²) in [5.41, 5.74) is 8.86. The molecule has 0 heterocycles. The van der Waals surface area contributed by atoms with Gasteiger partial charge in [-0.25, -0.2) is 0 Å². The lowest BCUT2D eigenvalue weighted by Gasteiger charge is -2.05. The molecule has 0 amide bonds. The van der Waals surface area contributed by atoms with E-state index >= 15 is 0 Å². The van der Waals surface area contributed by atoms with Crippen molar-refractivity contribution in [1.29, 1.82) is 0 Å². The van der Waals surface area contributed by atoms with Crippen molar-refractivity contribution in [2.24, 2.45) is 0 Å². The summed E-state index contributed by atoms with van der Waals surface area (Å²) in [5, 5.41) is 9.18. The molecule has 18 heavy (non-hydrogen) atoms. The minimum atomic E-state index is 0.0452. The van der Waals surface area contributed by atoms with E-state index in [1.807, 2.05) is 6.92 Å². The Labute approximate surface area is 106 Å². The topological polar surface area (TPSA) is 63.3 Å². The molecule has 92 valence electrons. The van der Waals surface area contributed by atoms with Gasteiger partial charge in [0.25, 0.3) is 0 Å². The van der Waals surface area contributed by atoms with Gasteiger partial charge in [0.1, 0.15) is 5.75 Å². The number of benzene rings is 2. The molecule has 0 saturated heterocycles. The van der Waals surface area contributed by atoms with E-state index in [0.717, 1.165) is 11.1 Å². The molecule has 0 saturated carbocycles. The number of carbonyl (C=O) groups excluding carboxylic acids is 1. The first-order valence-corrected chi connectivity index (χ1v) is 5.73. The highest BCUT2D eigenvalue weighted by Crippen LogP contribution is 2.16. The van der Waals surface area contributed by atoms with Crippen LogP contribution in [0.5, 0.6) is 5.75 Å². The average molecular weight is 241 g/mol. The number of nitrogens with two attached hydrogens (primary N) is 1. The first kappa shape index (κ1) is 12.2. The molecule has 0 aliphatic carbocycles. The highest BCUT2D eigenvalue weighted by molar-refractivity contribution is 5.98. The molecule has 2 rings (SSSR count). The van der Waals surface area contributed by atoms with Crippen LogP contribution in [-0.2, 0) is 6.42 Å². The third kappa shape index (κ3) is 2.69. The van der Waals surface area contributed by atoms with E-state index in [1.54, 1.807) is 42.5 Å². The molecule has 0 atom stereocenters. The van der Waals surface area contributed by atoms with Gasteiger partial charge in [0.2, 0.25) is 0 Å². The Morgan fingerprint density at radius 3 is 2.44 bits per heavy atom. The highest BCUT2D eigenvalue weighted by atomic mass is 16.3. The van der Waals surface area contributed by atoms with E-state index in [1.165, 1.54) is 0 Å². The van der Waals surface area contributed by atoms with Crippen LogP contribution in [0.4, 0.5) is 5.69 Å². The second-order valence-corrected chi connectivity index (χ2v) is 4.34. The third-order valence-corrected chi connectivity index (χ3v) is 2.89. The summed E-state index contributed by atoms with van der Waals surface area (Å²) in [6.07, 6.45) is 0.323. The fraction of sp³-hybridized carbons (Fsp3) is 0.133. The van der Waals surface area contributed by atoms with Gasteiger partial charge in [-0.15, -0.1) is 0 Å². The van der Waals surface area contributed by atoms with Crippen LogP contribution in [0, 0.1) is 6.92 Å². The predicted octanol–water partition coefficient (Wildman–Crippen LogP) is 2.71. The van der Waals surface area contributed by atoms with Crippen LogP contribution < -0.4 is 5.73 Å². The number of Topliss-reactive ketones (excluding diaryl/α,β-unsaturated/α-hetero) is 1. The molecule has 2 aromatic rings. The monoisotopic (exact) mass is 241 g/mol. The molecule has 3 heteroatoms. The molecule has 0 bridgehead atoms. The summed E-state index contributed by atoms with van der Waals surface area (Å²) in [6.45, 7) is 1.88. The lowest BCUT2D eigenvalue weighted by molar-refractivity contribution is 0.0993. The SMILES string of the molecule is Cc1cc(C(=O)Cc2ccc(O)cc2)ccc1N. The second-order valence-electron chi connectivity index (χ2n) is 4.34. The van der Waals surface area contributed by atoms with Crippen LogP contribution in [0.15, 0.2) is 42.5 Å². The van der Waals surface area contributed by atoms with Crippen LogP contribution in [0.2, 0.25) is 0 Å². The van der Waals surface area contributed by atoms with Gasteiger partial charge in [-0.2, -0.15) is 0 Å². The number of phenols is 1. The van der Waals surface area contributed by atoms with Crippen molar-refractivity contribution in [3.8, 4) is 5.75 Å². The molecular weight excluding hydrogens is 226 g/mol. The summed E-state index contributed by atoms with van der Waals surface area (Å²) in [6, 6.07) is 11.9. The van der Waals surface area contributed by atoms with Gasteiger partial charge in [-0.05, 0) is 48.4 Å². The molecular formula is C15H15NO2. The zero-order valence-electron chi connectivity index (χ0n) is 10.2. The first-order valence-electron chi connectivity index (χ1n) is 5.73. The standard InChI is InChI=1S/C15H15NO2/c1-10-8-12(4-7-14(10)16)15(18)9-11-2-5-13(17)6-3-11/h2-8,17H,9,16H2,1H3. The molecule has 3 nitrogen and oxygen atoms in total. The number of carbonyl (C=O) groups is 1. The van der Waals surface area contributed by atoms with Crippen molar-refractivity contribution in [1.82, 2.24) is 0 Å². The molecule has 0 spiro atoms. The number of anilines is 1. The summed E-state index contributed by atoms with van der Waals surface area (Å²) in [7, 11) is 0. The number of phenolic OH excluding ortho intramolecular Hbond substituents is 1. The second kappa shape index (κ2) is 4.92. The van der Waals surface area contributed by atoms with Crippen molar-refractivity contribution < 1.29 is 9.90 Å². The van der Waals surface area contributed by atoms with Crippen LogP contribution in [-0.4, -0.2) is 10.9 Å². The third-order valence-electron chi connectivity index (χ3n) is 2.89. The number of hydrogen-bond acceptors (Lipinski definition) is 3. The Hall–Kier alpha value is -2.29. The van der Waals surface area contributed by atoms with E-state index in [4.69, 9.17) is 5.73 Å². The fourth-order valence-electron chi connectivity index (χ4n) is 1.75. The number of aryl methyl sites for hydroxylation is 1. The minimum Gasteiger partial charge on any atom is -0.508 e. The zero-order valence-corrected chi connectivity index (χ0v) is 10.2. The van der Waals surface area contributed by atoms with E-state index in [9.17, 15) is 9.90 Å². The number of rotatable bonds is 3. The van der Waals surface area contributed by atoms with Crippen molar-refractivity contribution in [3.63, 3.8) is 0 Å². The van der Waals surface area contributed by atoms with Gasteiger partial charge in [0.15, 0.2) is 5.78 Å².